The molecule has 0 aliphatic carbocycles. The van der Waals surface area contributed by atoms with Crippen molar-refractivity contribution in [1.82, 2.24) is 5.32 Å². The van der Waals surface area contributed by atoms with Crippen molar-refractivity contribution in [2.24, 2.45) is 0 Å². The van der Waals surface area contributed by atoms with Gasteiger partial charge in [0.2, 0.25) is 0 Å². The SMILES string of the molecule is CCNC(=S)Oc1ccccc1.[Zn]. The molecular formula is C9H11NOSZn. The minimum absolute atomic E-state index is 0. The standard InChI is InChI=1S/C9H11NOS.Zn/c1-2-10-9(12)11-8-6-4-3-5-7-8;/h3-7H,2H2,1H3,(H,10,12);. The van der Waals surface area contributed by atoms with E-state index < -0.39 is 0 Å². The molecule has 0 amide bonds. The molecule has 0 aliphatic rings. The predicted octanol–water partition coefficient (Wildman–Crippen LogP) is 1.96. The van der Waals surface area contributed by atoms with Crippen LogP contribution < -0.4 is 10.1 Å². The van der Waals surface area contributed by atoms with Crippen molar-refractivity contribution in [1.29, 1.82) is 0 Å². The van der Waals surface area contributed by atoms with Crippen molar-refractivity contribution in [2.75, 3.05) is 6.54 Å². The quantitative estimate of drug-likeness (QED) is 0.637. The molecule has 0 aromatic heterocycles. The first-order valence-electron chi connectivity index (χ1n) is 3.83. The van der Waals surface area contributed by atoms with Gasteiger partial charge in [-0.1, -0.05) is 18.2 Å². The number of hydrogen-bond acceptors (Lipinski definition) is 2. The number of nitrogens with one attached hydrogen (secondary N) is 1. The number of rotatable bonds is 2. The molecule has 0 fully saturated rings. The minimum Gasteiger partial charge on any atom is -0.432 e. The van der Waals surface area contributed by atoms with Gasteiger partial charge in [-0.25, -0.2) is 0 Å². The molecule has 0 atom stereocenters. The first-order valence-corrected chi connectivity index (χ1v) is 4.24. The summed E-state index contributed by atoms with van der Waals surface area (Å²) in [7, 11) is 0. The third-order valence-corrected chi connectivity index (χ3v) is 1.50. The van der Waals surface area contributed by atoms with Gasteiger partial charge in [-0.2, -0.15) is 0 Å². The van der Waals surface area contributed by atoms with E-state index in [9.17, 15) is 0 Å². The molecule has 0 bridgehead atoms. The van der Waals surface area contributed by atoms with Crippen LogP contribution in [0.3, 0.4) is 0 Å². The first kappa shape index (κ1) is 12.5. The molecule has 4 heteroatoms. The van der Waals surface area contributed by atoms with Crippen molar-refractivity contribution < 1.29 is 24.2 Å². The van der Waals surface area contributed by atoms with Crippen molar-refractivity contribution in [3.8, 4) is 5.75 Å². The van der Waals surface area contributed by atoms with Crippen LogP contribution in [0, 0.1) is 0 Å². The van der Waals surface area contributed by atoms with Gasteiger partial charge >= 0.3 is 0 Å². The summed E-state index contributed by atoms with van der Waals surface area (Å²) in [6.45, 7) is 2.76. The van der Waals surface area contributed by atoms with E-state index in [2.05, 4.69) is 5.32 Å². The second-order valence-corrected chi connectivity index (χ2v) is 2.60. The minimum atomic E-state index is 0. The van der Waals surface area contributed by atoms with Gasteiger partial charge in [0.1, 0.15) is 5.75 Å². The monoisotopic (exact) mass is 245 g/mol. The molecule has 2 nitrogen and oxygen atoms in total. The van der Waals surface area contributed by atoms with Crippen LogP contribution in [-0.2, 0) is 19.5 Å². The molecular weight excluding hydrogens is 236 g/mol. The van der Waals surface area contributed by atoms with E-state index in [1.165, 1.54) is 0 Å². The molecule has 0 radical (unpaired) electrons. The Morgan fingerprint density at radius 3 is 2.54 bits per heavy atom. The van der Waals surface area contributed by atoms with Crippen LogP contribution in [-0.4, -0.2) is 11.7 Å². The van der Waals surface area contributed by atoms with Gasteiger partial charge in [-0.15, -0.1) is 0 Å². The van der Waals surface area contributed by atoms with Crippen molar-refractivity contribution in [3.63, 3.8) is 0 Å². The summed E-state index contributed by atoms with van der Waals surface area (Å²) >= 11 is 4.90. The molecule has 0 unspecified atom stereocenters. The third-order valence-electron chi connectivity index (χ3n) is 1.27. The van der Waals surface area contributed by atoms with Crippen molar-refractivity contribution >= 4 is 17.4 Å². The molecule has 0 spiro atoms. The van der Waals surface area contributed by atoms with Gasteiger partial charge < -0.3 is 10.1 Å². The Morgan fingerprint density at radius 1 is 1.38 bits per heavy atom. The van der Waals surface area contributed by atoms with Crippen LogP contribution >= 0.6 is 12.2 Å². The maximum Gasteiger partial charge on any atom is 0.262 e. The molecule has 13 heavy (non-hydrogen) atoms. The Labute approximate surface area is 96.4 Å². The Morgan fingerprint density at radius 2 is 2.00 bits per heavy atom. The first-order chi connectivity index (χ1) is 5.83. The molecule has 1 aromatic rings. The van der Waals surface area contributed by atoms with Crippen LogP contribution in [0.1, 0.15) is 6.92 Å². The van der Waals surface area contributed by atoms with E-state index >= 15 is 0 Å². The van der Waals surface area contributed by atoms with E-state index in [-0.39, 0.29) is 19.5 Å². The maximum absolute atomic E-state index is 5.28. The summed E-state index contributed by atoms with van der Waals surface area (Å²) in [6.07, 6.45) is 0. The number of benzene rings is 1. The van der Waals surface area contributed by atoms with E-state index in [1.54, 1.807) is 0 Å². The fourth-order valence-corrected chi connectivity index (χ4v) is 1.02. The zero-order valence-corrected chi connectivity index (χ0v) is 11.4. The molecule has 0 aliphatic heterocycles. The summed E-state index contributed by atoms with van der Waals surface area (Å²) in [6, 6.07) is 9.48. The van der Waals surface area contributed by atoms with E-state index in [0.717, 1.165) is 12.3 Å². The van der Waals surface area contributed by atoms with E-state index in [4.69, 9.17) is 17.0 Å². The van der Waals surface area contributed by atoms with Gasteiger partial charge in [0, 0.05) is 26.0 Å². The number of thiocarbonyl (C=S) groups is 1. The zero-order chi connectivity index (χ0) is 8.81. The zero-order valence-electron chi connectivity index (χ0n) is 7.62. The Kier molecular flexibility index (Phi) is 6.74. The van der Waals surface area contributed by atoms with Gasteiger partial charge in [0.05, 0.1) is 0 Å². The van der Waals surface area contributed by atoms with Gasteiger partial charge in [0.25, 0.3) is 5.17 Å². The van der Waals surface area contributed by atoms with E-state index in [0.29, 0.717) is 5.17 Å². The molecule has 1 N–H and O–H groups in total. The average Bonchev–Trinajstić information content (AvgIpc) is 2.06. The topological polar surface area (TPSA) is 21.3 Å². The summed E-state index contributed by atoms with van der Waals surface area (Å²) < 4.78 is 5.28. The summed E-state index contributed by atoms with van der Waals surface area (Å²) in [5.41, 5.74) is 0. The second kappa shape index (κ2) is 6.99. The van der Waals surface area contributed by atoms with Crippen LogP contribution in [0.15, 0.2) is 30.3 Å². The number of ether oxygens (including phenoxy) is 1. The van der Waals surface area contributed by atoms with Crippen molar-refractivity contribution in [3.05, 3.63) is 30.3 Å². The van der Waals surface area contributed by atoms with Crippen LogP contribution in [0.4, 0.5) is 0 Å². The fourth-order valence-electron chi connectivity index (χ4n) is 0.776. The maximum atomic E-state index is 5.28. The summed E-state index contributed by atoms with van der Waals surface area (Å²) in [4.78, 5) is 0. The third kappa shape index (κ3) is 4.96. The van der Waals surface area contributed by atoms with Crippen molar-refractivity contribution in [2.45, 2.75) is 6.92 Å². The largest absolute Gasteiger partial charge is 0.432 e. The fraction of sp³-hybridized carbons (Fsp3) is 0.222. The number of hydrogen-bond donors (Lipinski definition) is 1. The molecule has 0 saturated carbocycles. The Balaban J connectivity index is 0.00000144. The molecule has 1 aromatic carbocycles. The molecule has 66 valence electrons. The van der Waals surface area contributed by atoms with Crippen LogP contribution in [0.2, 0.25) is 0 Å². The Bertz CT molecular complexity index is 253. The average molecular weight is 247 g/mol. The van der Waals surface area contributed by atoms with Crippen LogP contribution in [0.5, 0.6) is 5.75 Å². The van der Waals surface area contributed by atoms with Gasteiger partial charge in [-0.3, -0.25) is 0 Å². The smallest absolute Gasteiger partial charge is 0.262 e. The normalized spacial score (nSPS) is 8.38. The summed E-state index contributed by atoms with van der Waals surface area (Å²) in [5.74, 6) is 0.767. The second-order valence-electron chi connectivity index (χ2n) is 2.23. The van der Waals surface area contributed by atoms with Gasteiger partial charge in [-0.05, 0) is 31.3 Å². The van der Waals surface area contributed by atoms with E-state index in [1.807, 2.05) is 37.3 Å². The molecule has 0 heterocycles. The summed E-state index contributed by atoms with van der Waals surface area (Å²) in [5, 5.41) is 3.32. The molecule has 0 saturated heterocycles. The van der Waals surface area contributed by atoms with Gasteiger partial charge in [0.15, 0.2) is 0 Å². The van der Waals surface area contributed by atoms with Crippen LogP contribution in [0.25, 0.3) is 0 Å². The predicted molar refractivity (Wildman–Crippen MR) is 53.3 cm³/mol. The number of para-hydroxylation sites is 1. The Hall–Kier alpha value is -0.467. The molecule has 1 rings (SSSR count).